The maximum atomic E-state index is 12.1. The summed E-state index contributed by atoms with van der Waals surface area (Å²) in [5.41, 5.74) is 5.61. The van der Waals surface area contributed by atoms with Crippen LogP contribution in [0.5, 0.6) is 0 Å². The quantitative estimate of drug-likeness (QED) is 0.172. The zero-order valence-electron chi connectivity index (χ0n) is 22.8. The van der Waals surface area contributed by atoms with Crippen LogP contribution < -0.4 is 5.32 Å². The molecule has 1 aliphatic rings. The molecule has 1 aliphatic heterocycles. The van der Waals surface area contributed by atoms with Gasteiger partial charge in [0, 0.05) is 30.7 Å². The zero-order valence-corrected chi connectivity index (χ0v) is 23.6. The van der Waals surface area contributed by atoms with Crippen molar-refractivity contribution >= 4 is 23.6 Å². The Morgan fingerprint density at radius 3 is 2.45 bits per heavy atom. The number of aromatic amines is 1. The molecule has 0 radical (unpaired) electrons. The van der Waals surface area contributed by atoms with E-state index in [4.69, 9.17) is 14.6 Å². The molecule has 0 spiro atoms. The summed E-state index contributed by atoms with van der Waals surface area (Å²) in [4.78, 5) is 27.0. The van der Waals surface area contributed by atoms with Gasteiger partial charge >= 0.3 is 5.97 Å². The van der Waals surface area contributed by atoms with E-state index in [9.17, 15) is 14.7 Å². The summed E-state index contributed by atoms with van der Waals surface area (Å²) < 4.78 is 12.9. The van der Waals surface area contributed by atoms with Gasteiger partial charge in [0.05, 0.1) is 25.2 Å². The van der Waals surface area contributed by atoms with Gasteiger partial charge < -0.3 is 25.0 Å². The Morgan fingerprint density at radius 1 is 0.976 bits per heavy atom. The molecule has 1 fully saturated rings. The number of aliphatic hydroxyl groups is 1. The Morgan fingerprint density at radius 2 is 1.74 bits per heavy atom. The van der Waals surface area contributed by atoms with Crippen LogP contribution in [0.3, 0.4) is 0 Å². The number of carboxylic acids is 1. The first-order valence-electron chi connectivity index (χ1n) is 13.6. The van der Waals surface area contributed by atoms with Crippen LogP contribution in [0.1, 0.15) is 53.9 Å². The average molecular weight is 589 g/mol. The number of aliphatic hydroxyl groups excluding tert-OH is 1. The standard InChI is InChI=1S/C31H32N4O6S/c36-17-20-5-7-22(8-6-20)27-15-25(18-42-31-33-19-34-35-31)40-30(41-27)23-11-9-21(10-12-23)26-4-2-1-3-24(26)16-32-28(37)13-14-29(38)39/h1-12,19,25,27,30,36H,13-18H2,(H,32,37)(H,38,39)(H,33,34,35)/t25-,27+,30+/m0/s1. The molecule has 3 aromatic carbocycles. The fourth-order valence-corrected chi connectivity index (χ4v) is 5.53. The van der Waals surface area contributed by atoms with Gasteiger partial charge in [-0.25, -0.2) is 4.98 Å². The van der Waals surface area contributed by atoms with Gasteiger partial charge in [-0.15, -0.1) is 0 Å². The number of hydrogen-bond donors (Lipinski definition) is 4. The molecule has 0 unspecified atom stereocenters. The Kier molecular flexibility index (Phi) is 9.98. The number of benzene rings is 3. The van der Waals surface area contributed by atoms with Crippen molar-refractivity contribution in [3.63, 3.8) is 0 Å². The summed E-state index contributed by atoms with van der Waals surface area (Å²) in [5.74, 6) is -0.627. The van der Waals surface area contributed by atoms with Crippen molar-refractivity contribution in [2.75, 3.05) is 5.75 Å². The fraction of sp³-hybridized carbons (Fsp3) is 0.290. The van der Waals surface area contributed by atoms with Gasteiger partial charge in [-0.2, -0.15) is 5.10 Å². The molecule has 218 valence electrons. The van der Waals surface area contributed by atoms with Gasteiger partial charge in [-0.1, -0.05) is 84.6 Å². The molecule has 0 saturated carbocycles. The van der Waals surface area contributed by atoms with Crippen molar-refractivity contribution in [1.29, 1.82) is 0 Å². The summed E-state index contributed by atoms with van der Waals surface area (Å²) in [6.07, 6.45) is 1.01. The number of rotatable bonds is 12. The largest absolute Gasteiger partial charge is 0.481 e. The number of carbonyl (C=O) groups is 2. The molecule has 2 heterocycles. The van der Waals surface area contributed by atoms with Crippen LogP contribution in [0.25, 0.3) is 11.1 Å². The second-order valence-corrected chi connectivity index (χ2v) is 10.9. The third kappa shape index (κ3) is 7.83. The molecule has 4 aromatic rings. The Bertz CT molecular complexity index is 1460. The second kappa shape index (κ2) is 14.2. The third-order valence-electron chi connectivity index (χ3n) is 6.97. The highest BCUT2D eigenvalue weighted by Gasteiger charge is 2.32. The maximum Gasteiger partial charge on any atom is 0.303 e. The Hall–Kier alpha value is -4.03. The van der Waals surface area contributed by atoms with Gasteiger partial charge in [0.15, 0.2) is 11.4 Å². The van der Waals surface area contributed by atoms with Crippen LogP contribution in [0, 0.1) is 0 Å². The van der Waals surface area contributed by atoms with Crippen LogP contribution >= 0.6 is 11.8 Å². The topological polar surface area (TPSA) is 147 Å². The van der Waals surface area contributed by atoms with E-state index >= 15 is 0 Å². The van der Waals surface area contributed by atoms with Crippen LogP contribution in [-0.2, 0) is 32.2 Å². The van der Waals surface area contributed by atoms with E-state index in [2.05, 4.69) is 20.5 Å². The van der Waals surface area contributed by atoms with Crippen LogP contribution in [0.2, 0.25) is 0 Å². The number of amides is 1. The minimum Gasteiger partial charge on any atom is -0.481 e. The summed E-state index contributed by atoms with van der Waals surface area (Å²) in [5, 5.41) is 28.6. The van der Waals surface area contributed by atoms with E-state index in [0.29, 0.717) is 18.7 Å². The van der Waals surface area contributed by atoms with Crippen molar-refractivity contribution in [2.24, 2.45) is 0 Å². The molecule has 1 saturated heterocycles. The minimum atomic E-state index is -0.998. The summed E-state index contributed by atoms with van der Waals surface area (Å²) >= 11 is 1.54. The molecule has 5 rings (SSSR count). The summed E-state index contributed by atoms with van der Waals surface area (Å²) in [6, 6.07) is 23.5. The lowest BCUT2D eigenvalue weighted by molar-refractivity contribution is -0.245. The van der Waals surface area contributed by atoms with Gasteiger partial charge in [-0.3, -0.25) is 14.7 Å². The van der Waals surface area contributed by atoms with Crippen molar-refractivity contribution in [3.05, 3.63) is 101 Å². The molecule has 3 atom stereocenters. The van der Waals surface area contributed by atoms with E-state index in [0.717, 1.165) is 38.5 Å². The number of hydrogen-bond acceptors (Lipinski definition) is 8. The predicted octanol–water partition coefficient (Wildman–Crippen LogP) is 4.78. The van der Waals surface area contributed by atoms with Gasteiger partial charge in [0.1, 0.15) is 6.33 Å². The highest BCUT2D eigenvalue weighted by atomic mass is 32.2. The Labute approximate surface area is 247 Å². The van der Waals surface area contributed by atoms with Crippen LogP contribution in [-0.4, -0.2) is 49.1 Å². The molecule has 1 aromatic heterocycles. The predicted molar refractivity (Wildman–Crippen MR) is 156 cm³/mol. The number of nitrogens with zero attached hydrogens (tertiary/aromatic N) is 2. The second-order valence-electron chi connectivity index (χ2n) is 9.90. The molecule has 42 heavy (non-hydrogen) atoms. The van der Waals surface area contributed by atoms with E-state index in [-0.39, 0.29) is 37.6 Å². The van der Waals surface area contributed by atoms with Crippen molar-refractivity contribution in [1.82, 2.24) is 20.5 Å². The normalized spacial score (nSPS) is 18.5. The maximum absolute atomic E-state index is 12.1. The first-order valence-corrected chi connectivity index (χ1v) is 14.6. The minimum absolute atomic E-state index is 0.0133. The van der Waals surface area contributed by atoms with Crippen molar-refractivity contribution in [3.8, 4) is 11.1 Å². The fourth-order valence-electron chi connectivity index (χ4n) is 4.74. The Balaban J connectivity index is 1.31. The zero-order chi connectivity index (χ0) is 29.3. The van der Waals surface area contributed by atoms with E-state index in [1.807, 2.05) is 72.8 Å². The number of nitrogens with one attached hydrogen (secondary N) is 2. The highest BCUT2D eigenvalue weighted by Crippen LogP contribution is 2.39. The number of ether oxygens (including phenoxy) is 2. The number of carboxylic acid groups (broad SMARTS) is 1. The van der Waals surface area contributed by atoms with Gasteiger partial charge in [-0.05, 0) is 27.8 Å². The van der Waals surface area contributed by atoms with Crippen LogP contribution in [0.4, 0.5) is 0 Å². The SMILES string of the molecule is O=C(O)CCC(=O)NCc1ccccc1-c1ccc([C@@H]2O[C@H](CSc3ncn[nH]3)C[C@H](c3ccc(CO)cc3)O2)cc1. The van der Waals surface area contributed by atoms with Crippen LogP contribution in [0.15, 0.2) is 84.3 Å². The summed E-state index contributed by atoms with van der Waals surface area (Å²) in [7, 11) is 0. The molecular formula is C31H32N4O6S. The van der Waals surface area contributed by atoms with E-state index in [1.54, 1.807) is 11.8 Å². The van der Waals surface area contributed by atoms with Gasteiger partial charge in [0.25, 0.3) is 0 Å². The molecule has 0 aliphatic carbocycles. The molecular weight excluding hydrogens is 556 g/mol. The molecule has 4 N–H and O–H groups in total. The third-order valence-corrected chi connectivity index (χ3v) is 7.98. The number of H-pyrrole nitrogens is 1. The lowest BCUT2D eigenvalue weighted by Gasteiger charge is -2.36. The van der Waals surface area contributed by atoms with Crippen molar-refractivity contribution in [2.45, 2.75) is 56.1 Å². The summed E-state index contributed by atoms with van der Waals surface area (Å²) in [6.45, 7) is 0.285. The smallest absolute Gasteiger partial charge is 0.303 e. The number of aliphatic carboxylic acids is 1. The first-order chi connectivity index (χ1) is 20.5. The molecule has 1 amide bonds. The number of aromatic nitrogens is 3. The first kappa shape index (κ1) is 29.5. The average Bonchev–Trinajstić information content (AvgIpc) is 3.56. The van der Waals surface area contributed by atoms with E-state index < -0.39 is 12.3 Å². The lowest BCUT2D eigenvalue weighted by Crippen LogP contribution is -2.31. The highest BCUT2D eigenvalue weighted by molar-refractivity contribution is 7.99. The van der Waals surface area contributed by atoms with Gasteiger partial charge in [0.2, 0.25) is 5.91 Å². The number of carbonyl (C=O) groups excluding carboxylic acids is 1. The molecule has 10 nitrogen and oxygen atoms in total. The van der Waals surface area contributed by atoms with Crippen molar-refractivity contribution < 1.29 is 29.3 Å². The lowest BCUT2D eigenvalue weighted by atomic mass is 9.97. The van der Waals surface area contributed by atoms with E-state index in [1.165, 1.54) is 6.33 Å². The monoisotopic (exact) mass is 588 g/mol. The number of thioether (sulfide) groups is 1. The molecule has 11 heteroatoms. The molecule has 0 bridgehead atoms.